The summed E-state index contributed by atoms with van der Waals surface area (Å²) in [5.74, 6) is -0.854. The second-order valence-corrected chi connectivity index (χ2v) is 3.85. The molecule has 0 unspecified atom stereocenters. The van der Waals surface area contributed by atoms with Gasteiger partial charge in [0, 0.05) is 6.54 Å². The van der Waals surface area contributed by atoms with E-state index < -0.39 is 5.82 Å². The van der Waals surface area contributed by atoms with E-state index in [4.69, 9.17) is 5.26 Å². The first-order valence-corrected chi connectivity index (χ1v) is 5.58. The Bertz CT molecular complexity index is 615. The molecule has 0 radical (unpaired) electrons. The van der Waals surface area contributed by atoms with Crippen molar-refractivity contribution in [3.05, 3.63) is 65.2 Å². The number of aromatic nitrogens is 1. The minimum Gasteiger partial charge on any atom is -0.347 e. The zero-order chi connectivity index (χ0) is 13.7. The molecule has 2 aromatic rings. The summed E-state index contributed by atoms with van der Waals surface area (Å²) in [6, 6.07) is 11.4. The number of hydrogen-bond acceptors (Lipinski definition) is 3. The van der Waals surface area contributed by atoms with Gasteiger partial charge in [0.1, 0.15) is 11.5 Å². The summed E-state index contributed by atoms with van der Waals surface area (Å²) in [6.07, 6.45) is 0.997. The van der Waals surface area contributed by atoms with Crippen molar-refractivity contribution in [2.45, 2.75) is 6.54 Å². The molecule has 4 nitrogen and oxygen atoms in total. The maximum atomic E-state index is 12.7. The van der Waals surface area contributed by atoms with Crippen molar-refractivity contribution in [3.8, 4) is 6.07 Å². The molecule has 0 bridgehead atoms. The fourth-order valence-electron chi connectivity index (χ4n) is 1.48. The summed E-state index contributed by atoms with van der Waals surface area (Å²) < 4.78 is 12.7. The third-order valence-electron chi connectivity index (χ3n) is 2.50. The minimum atomic E-state index is -0.483. The van der Waals surface area contributed by atoms with Crippen molar-refractivity contribution in [3.63, 3.8) is 0 Å². The molecule has 0 aliphatic carbocycles. The van der Waals surface area contributed by atoms with Crippen LogP contribution >= 0.6 is 0 Å². The summed E-state index contributed by atoms with van der Waals surface area (Å²) >= 11 is 0. The number of nitriles is 1. The van der Waals surface area contributed by atoms with E-state index in [0.29, 0.717) is 12.1 Å². The van der Waals surface area contributed by atoms with Crippen molar-refractivity contribution in [1.29, 1.82) is 5.26 Å². The number of rotatable bonds is 3. The lowest BCUT2D eigenvalue weighted by molar-refractivity contribution is 0.0946. The highest BCUT2D eigenvalue weighted by molar-refractivity contribution is 5.92. The van der Waals surface area contributed by atoms with E-state index in [1.807, 2.05) is 6.07 Å². The molecule has 0 aliphatic rings. The molecule has 19 heavy (non-hydrogen) atoms. The number of carbonyl (C=O) groups excluding carboxylic acids is 1. The van der Waals surface area contributed by atoms with E-state index >= 15 is 0 Å². The van der Waals surface area contributed by atoms with Crippen LogP contribution in [0.3, 0.4) is 0 Å². The normalized spacial score (nSPS) is 9.68. The van der Waals surface area contributed by atoms with Gasteiger partial charge in [0.15, 0.2) is 0 Å². The standard InChI is InChI=1S/C14H10FN3O/c15-12-5-6-13(17-9-12)14(19)18-8-11-3-1-10(7-16)2-4-11/h1-6,9H,8H2,(H,18,19). The second-order valence-electron chi connectivity index (χ2n) is 3.85. The lowest BCUT2D eigenvalue weighted by atomic mass is 10.1. The zero-order valence-electron chi connectivity index (χ0n) is 9.93. The highest BCUT2D eigenvalue weighted by Gasteiger charge is 2.06. The average molecular weight is 255 g/mol. The molecule has 0 spiro atoms. The van der Waals surface area contributed by atoms with Crippen LogP contribution in [0, 0.1) is 17.1 Å². The Hall–Kier alpha value is -2.74. The molecule has 1 heterocycles. The number of hydrogen-bond donors (Lipinski definition) is 1. The molecule has 94 valence electrons. The molecular weight excluding hydrogens is 245 g/mol. The quantitative estimate of drug-likeness (QED) is 0.912. The number of nitrogens with one attached hydrogen (secondary N) is 1. The summed E-state index contributed by atoms with van der Waals surface area (Å²) in [6.45, 7) is 0.323. The minimum absolute atomic E-state index is 0.162. The number of pyridine rings is 1. The van der Waals surface area contributed by atoms with Gasteiger partial charge in [-0.05, 0) is 29.8 Å². The maximum absolute atomic E-state index is 12.7. The molecule has 0 atom stereocenters. The van der Waals surface area contributed by atoms with Crippen molar-refractivity contribution >= 4 is 5.91 Å². The second kappa shape index (κ2) is 5.74. The van der Waals surface area contributed by atoms with Gasteiger partial charge in [0.2, 0.25) is 0 Å². The number of benzene rings is 1. The van der Waals surface area contributed by atoms with Gasteiger partial charge in [-0.2, -0.15) is 5.26 Å². The Morgan fingerprint density at radius 2 is 2.00 bits per heavy atom. The monoisotopic (exact) mass is 255 g/mol. The highest BCUT2D eigenvalue weighted by Crippen LogP contribution is 2.04. The molecule has 5 heteroatoms. The van der Waals surface area contributed by atoms with Crippen LogP contribution in [0.1, 0.15) is 21.6 Å². The maximum Gasteiger partial charge on any atom is 0.270 e. The van der Waals surface area contributed by atoms with Crippen LogP contribution in [0.5, 0.6) is 0 Å². The van der Waals surface area contributed by atoms with Gasteiger partial charge in [-0.25, -0.2) is 9.37 Å². The first kappa shape index (κ1) is 12.7. The Morgan fingerprint density at radius 1 is 1.26 bits per heavy atom. The Labute approximate surface area is 109 Å². The molecule has 2 rings (SSSR count). The molecule has 1 amide bonds. The van der Waals surface area contributed by atoms with Crippen molar-refractivity contribution in [2.75, 3.05) is 0 Å². The first-order valence-electron chi connectivity index (χ1n) is 5.58. The van der Waals surface area contributed by atoms with Gasteiger partial charge in [-0.15, -0.1) is 0 Å². The smallest absolute Gasteiger partial charge is 0.270 e. The summed E-state index contributed by atoms with van der Waals surface area (Å²) in [5, 5.41) is 11.3. The van der Waals surface area contributed by atoms with Crippen molar-refractivity contribution < 1.29 is 9.18 Å². The van der Waals surface area contributed by atoms with Gasteiger partial charge in [0.25, 0.3) is 5.91 Å². The number of halogens is 1. The first-order chi connectivity index (χ1) is 9.19. The summed E-state index contributed by atoms with van der Waals surface area (Å²) in [7, 11) is 0. The fraction of sp³-hybridized carbons (Fsp3) is 0.0714. The highest BCUT2D eigenvalue weighted by atomic mass is 19.1. The molecule has 0 saturated carbocycles. The summed E-state index contributed by atoms with van der Waals surface area (Å²) in [4.78, 5) is 15.4. The van der Waals surface area contributed by atoms with E-state index in [1.54, 1.807) is 24.3 Å². The summed E-state index contributed by atoms with van der Waals surface area (Å²) in [5.41, 5.74) is 1.60. The largest absolute Gasteiger partial charge is 0.347 e. The SMILES string of the molecule is N#Cc1ccc(CNC(=O)c2ccc(F)cn2)cc1. The van der Waals surface area contributed by atoms with Crippen LogP contribution in [0.2, 0.25) is 0 Å². The van der Waals surface area contributed by atoms with E-state index in [9.17, 15) is 9.18 Å². The van der Waals surface area contributed by atoms with Gasteiger partial charge >= 0.3 is 0 Å². The Balaban J connectivity index is 1.96. The Kier molecular flexibility index (Phi) is 3.84. The van der Waals surface area contributed by atoms with E-state index in [2.05, 4.69) is 10.3 Å². The predicted octanol–water partition coefficient (Wildman–Crippen LogP) is 2.02. The third-order valence-corrected chi connectivity index (χ3v) is 2.50. The number of nitrogens with zero attached hydrogens (tertiary/aromatic N) is 2. The van der Waals surface area contributed by atoms with Gasteiger partial charge in [-0.1, -0.05) is 12.1 Å². The van der Waals surface area contributed by atoms with Crippen LogP contribution in [0.4, 0.5) is 4.39 Å². The number of amides is 1. The topological polar surface area (TPSA) is 65.8 Å². The van der Waals surface area contributed by atoms with Gasteiger partial charge < -0.3 is 5.32 Å². The van der Waals surface area contributed by atoms with E-state index in [1.165, 1.54) is 12.1 Å². The lowest BCUT2D eigenvalue weighted by Gasteiger charge is -2.04. The van der Waals surface area contributed by atoms with E-state index in [0.717, 1.165) is 11.8 Å². The third kappa shape index (κ3) is 3.36. The Morgan fingerprint density at radius 3 is 2.58 bits per heavy atom. The molecular formula is C14H10FN3O. The van der Waals surface area contributed by atoms with Crippen LogP contribution in [0.15, 0.2) is 42.6 Å². The predicted molar refractivity (Wildman–Crippen MR) is 66.5 cm³/mol. The van der Waals surface area contributed by atoms with Crippen LogP contribution in [0.25, 0.3) is 0 Å². The van der Waals surface area contributed by atoms with Crippen LogP contribution in [-0.4, -0.2) is 10.9 Å². The zero-order valence-corrected chi connectivity index (χ0v) is 9.93. The van der Waals surface area contributed by atoms with Crippen LogP contribution in [-0.2, 0) is 6.54 Å². The molecule has 1 aromatic carbocycles. The molecule has 1 N–H and O–H groups in total. The van der Waals surface area contributed by atoms with Crippen LogP contribution < -0.4 is 5.32 Å². The molecule has 0 saturated heterocycles. The van der Waals surface area contributed by atoms with E-state index in [-0.39, 0.29) is 11.6 Å². The van der Waals surface area contributed by atoms with Gasteiger partial charge in [0.05, 0.1) is 17.8 Å². The molecule has 0 fully saturated rings. The number of carbonyl (C=O) groups is 1. The van der Waals surface area contributed by atoms with Crippen molar-refractivity contribution in [2.24, 2.45) is 0 Å². The molecule has 0 aliphatic heterocycles. The van der Waals surface area contributed by atoms with Crippen molar-refractivity contribution in [1.82, 2.24) is 10.3 Å². The van der Waals surface area contributed by atoms with Gasteiger partial charge in [-0.3, -0.25) is 4.79 Å². The molecule has 1 aromatic heterocycles. The average Bonchev–Trinajstić information content (AvgIpc) is 2.46. The fourth-order valence-corrected chi connectivity index (χ4v) is 1.48. The lowest BCUT2D eigenvalue weighted by Crippen LogP contribution is -2.23.